The van der Waals surface area contributed by atoms with Crippen molar-refractivity contribution in [2.75, 3.05) is 32.7 Å². The number of carbonyl (C=O) groups is 1. The Morgan fingerprint density at radius 3 is 2.52 bits per heavy atom. The summed E-state index contributed by atoms with van der Waals surface area (Å²) in [4.78, 5) is 17.2. The number of hydrogen-bond donors (Lipinski definition) is 0. The van der Waals surface area contributed by atoms with Gasteiger partial charge < -0.3 is 4.90 Å². The second-order valence-corrected chi connectivity index (χ2v) is 6.64. The van der Waals surface area contributed by atoms with Crippen LogP contribution in [0.3, 0.4) is 0 Å². The van der Waals surface area contributed by atoms with Gasteiger partial charge in [-0.25, -0.2) is 0 Å². The van der Waals surface area contributed by atoms with Crippen LogP contribution in [-0.4, -0.2) is 54.6 Å². The number of aryl methyl sites for hydroxylation is 2. The minimum Gasteiger partial charge on any atom is -0.337 e. The molecule has 0 atom stereocenters. The summed E-state index contributed by atoms with van der Waals surface area (Å²) in [5, 5.41) is 0. The highest BCUT2D eigenvalue weighted by Crippen LogP contribution is 2.23. The maximum absolute atomic E-state index is 12.4. The zero-order chi connectivity index (χ0) is 15.6. The lowest BCUT2D eigenvalue weighted by Crippen LogP contribution is -2.38. The molecular weight excluding hydrogens is 301 g/mol. The molecule has 1 aromatic rings. The monoisotopic (exact) mass is 320 g/mol. The molecule has 1 fully saturated rings. The van der Waals surface area contributed by atoms with E-state index in [-0.39, 0.29) is 12.5 Å². The summed E-state index contributed by atoms with van der Waals surface area (Å²) in [5.74, 6) is -0.0648. The standard InChI is InChI=1S/C14H19F3N2OS/c1-10-8-12(21-11(10)2)13(20)19-5-3-4-18(6-7-19)9-14(15,16)17/h8H,3-7,9H2,1-2H3. The van der Waals surface area contributed by atoms with Gasteiger partial charge in [0.05, 0.1) is 11.4 Å². The lowest BCUT2D eigenvalue weighted by atomic mass is 10.2. The van der Waals surface area contributed by atoms with E-state index in [0.717, 1.165) is 10.4 Å². The molecule has 0 aromatic carbocycles. The van der Waals surface area contributed by atoms with E-state index in [0.29, 0.717) is 30.9 Å². The first-order valence-corrected chi connectivity index (χ1v) is 7.73. The van der Waals surface area contributed by atoms with Crippen LogP contribution in [0.4, 0.5) is 13.2 Å². The predicted molar refractivity (Wildman–Crippen MR) is 76.8 cm³/mol. The Hall–Kier alpha value is -1.08. The minimum absolute atomic E-state index is 0.0648. The molecule has 1 saturated heterocycles. The fourth-order valence-corrected chi connectivity index (χ4v) is 3.42. The first kappa shape index (κ1) is 16.3. The third-order valence-corrected chi connectivity index (χ3v) is 4.80. The molecule has 0 unspecified atom stereocenters. The van der Waals surface area contributed by atoms with Gasteiger partial charge in [-0.05, 0) is 31.9 Å². The zero-order valence-corrected chi connectivity index (χ0v) is 13.0. The average Bonchev–Trinajstić information content (AvgIpc) is 2.59. The zero-order valence-electron chi connectivity index (χ0n) is 12.2. The molecule has 2 rings (SSSR count). The third kappa shape index (κ3) is 4.44. The molecule has 1 aliphatic rings. The van der Waals surface area contributed by atoms with E-state index in [1.54, 1.807) is 4.90 Å². The van der Waals surface area contributed by atoms with Gasteiger partial charge in [0, 0.05) is 31.1 Å². The predicted octanol–water partition coefficient (Wildman–Crippen LogP) is 3.08. The van der Waals surface area contributed by atoms with E-state index >= 15 is 0 Å². The van der Waals surface area contributed by atoms with Crippen molar-refractivity contribution >= 4 is 17.2 Å². The third-order valence-electron chi connectivity index (χ3n) is 3.66. The normalized spacial score (nSPS) is 17.9. The van der Waals surface area contributed by atoms with Crippen molar-refractivity contribution in [3.8, 4) is 0 Å². The molecule has 0 saturated carbocycles. The molecule has 2 heterocycles. The Bertz CT molecular complexity index is 493. The molecule has 0 N–H and O–H groups in total. The topological polar surface area (TPSA) is 23.6 Å². The number of halogens is 3. The Kier molecular flexibility index (Phi) is 4.93. The van der Waals surface area contributed by atoms with E-state index < -0.39 is 12.7 Å². The summed E-state index contributed by atoms with van der Waals surface area (Å²) in [6.07, 6.45) is -3.60. The van der Waals surface area contributed by atoms with Crippen LogP contribution in [-0.2, 0) is 0 Å². The van der Waals surface area contributed by atoms with Gasteiger partial charge >= 0.3 is 6.18 Å². The highest BCUT2D eigenvalue weighted by molar-refractivity contribution is 7.14. The summed E-state index contributed by atoms with van der Waals surface area (Å²) in [6, 6.07) is 1.86. The van der Waals surface area contributed by atoms with E-state index in [4.69, 9.17) is 0 Å². The number of carbonyl (C=O) groups excluding carboxylic acids is 1. The molecule has 0 aliphatic carbocycles. The molecule has 21 heavy (non-hydrogen) atoms. The van der Waals surface area contributed by atoms with Gasteiger partial charge in [-0.15, -0.1) is 11.3 Å². The fourth-order valence-electron chi connectivity index (χ4n) is 2.42. The van der Waals surface area contributed by atoms with E-state index in [1.165, 1.54) is 16.2 Å². The summed E-state index contributed by atoms with van der Waals surface area (Å²) < 4.78 is 37.3. The van der Waals surface area contributed by atoms with Gasteiger partial charge in [0.15, 0.2) is 0 Å². The molecule has 1 aliphatic heterocycles. The van der Waals surface area contributed by atoms with Crippen molar-refractivity contribution in [2.24, 2.45) is 0 Å². The van der Waals surface area contributed by atoms with Crippen molar-refractivity contribution in [1.29, 1.82) is 0 Å². The van der Waals surface area contributed by atoms with Crippen molar-refractivity contribution in [1.82, 2.24) is 9.80 Å². The fraction of sp³-hybridized carbons (Fsp3) is 0.643. The number of nitrogens with zero attached hydrogens (tertiary/aromatic N) is 2. The first-order chi connectivity index (χ1) is 9.76. The van der Waals surface area contributed by atoms with Crippen LogP contribution < -0.4 is 0 Å². The highest BCUT2D eigenvalue weighted by atomic mass is 32.1. The van der Waals surface area contributed by atoms with Gasteiger partial charge in [0.1, 0.15) is 0 Å². The first-order valence-electron chi connectivity index (χ1n) is 6.91. The molecule has 118 valence electrons. The van der Waals surface area contributed by atoms with Crippen molar-refractivity contribution in [3.63, 3.8) is 0 Å². The van der Waals surface area contributed by atoms with E-state index in [1.807, 2.05) is 19.9 Å². The molecule has 0 bridgehead atoms. The lowest BCUT2D eigenvalue weighted by Gasteiger charge is -2.22. The van der Waals surface area contributed by atoms with Crippen molar-refractivity contribution < 1.29 is 18.0 Å². The van der Waals surface area contributed by atoms with Crippen LogP contribution in [0.1, 0.15) is 26.5 Å². The van der Waals surface area contributed by atoms with Crippen LogP contribution in [0.25, 0.3) is 0 Å². The maximum Gasteiger partial charge on any atom is 0.401 e. The SMILES string of the molecule is Cc1cc(C(=O)N2CCCN(CC(F)(F)F)CC2)sc1C. The summed E-state index contributed by atoms with van der Waals surface area (Å²) in [5.41, 5.74) is 1.08. The van der Waals surface area contributed by atoms with E-state index in [9.17, 15) is 18.0 Å². The molecule has 0 radical (unpaired) electrons. The molecular formula is C14H19F3N2OS. The lowest BCUT2D eigenvalue weighted by molar-refractivity contribution is -0.145. The molecule has 0 spiro atoms. The largest absolute Gasteiger partial charge is 0.401 e. The minimum atomic E-state index is -4.18. The number of alkyl halides is 3. The summed E-state index contributed by atoms with van der Waals surface area (Å²) in [7, 11) is 0. The average molecular weight is 320 g/mol. The Morgan fingerprint density at radius 2 is 1.95 bits per heavy atom. The van der Waals surface area contributed by atoms with Crippen LogP contribution in [0.5, 0.6) is 0 Å². The Morgan fingerprint density at radius 1 is 1.24 bits per heavy atom. The van der Waals surface area contributed by atoms with E-state index in [2.05, 4.69) is 0 Å². The van der Waals surface area contributed by atoms with Crippen LogP contribution in [0.2, 0.25) is 0 Å². The quantitative estimate of drug-likeness (QED) is 0.836. The molecule has 1 amide bonds. The van der Waals surface area contributed by atoms with Crippen LogP contribution in [0.15, 0.2) is 6.07 Å². The number of hydrogen-bond acceptors (Lipinski definition) is 3. The van der Waals surface area contributed by atoms with Crippen LogP contribution >= 0.6 is 11.3 Å². The molecule has 1 aromatic heterocycles. The van der Waals surface area contributed by atoms with Gasteiger partial charge in [-0.3, -0.25) is 9.69 Å². The number of thiophene rings is 1. The second kappa shape index (κ2) is 6.36. The number of rotatable bonds is 2. The van der Waals surface area contributed by atoms with Crippen molar-refractivity contribution in [2.45, 2.75) is 26.4 Å². The maximum atomic E-state index is 12.4. The van der Waals surface area contributed by atoms with Crippen LogP contribution in [0, 0.1) is 13.8 Å². The Labute approximate surface area is 126 Å². The summed E-state index contributed by atoms with van der Waals surface area (Å²) in [6.45, 7) is 4.54. The molecule has 3 nitrogen and oxygen atoms in total. The smallest absolute Gasteiger partial charge is 0.337 e. The Balaban J connectivity index is 1.98. The highest BCUT2D eigenvalue weighted by Gasteiger charge is 2.32. The van der Waals surface area contributed by atoms with Gasteiger partial charge in [0.2, 0.25) is 0 Å². The van der Waals surface area contributed by atoms with Crippen molar-refractivity contribution in [3.05, 3.63) is 21.4 Å². The summed E-state index contributed by atoms with van der Waals surface area (Å²) >= 11 is 1.45. The van der Waals surface area contributed by atoms with Gasteiger partial charge in [-0.1, -0.05) is 0 Å². The molecule has 7 heteroatoms. The number of amides is 1. The van der Waals surface area contributed by atoms with Gasteiger partial charge in [-0.2, -0.15) is 13.2 Å². The van der Waals surface area contributed by atoms with Gasteiger partial charge in [0.25, 0.3) is 5.91 Å². The second-order valence-electron chi connectivity index (χ2n) is 5.39.